The summed E-state index contributed by atoms with van der Waals surface area (Å²) in [6.07, 6.45) is 0. The first-order valence-corrected chi connectivity index (χ1v) is 7.72. The van der Waals surface area contributed by atoms with Gasteiger partial charge in [-0.2, -0.15) is 5.10 Å². The number of carbonyl (C=O) groups excluding carboxylic acids is 1. The zero-order valence-electron chi connectivity index (χ0n) is 13.1. The second-order valence-electron chi connectivity index (χ2n) is 5.57. The first-order chi connectivity index (χ1) is 10.6. The smallest absolute Gasteiger partial charge is 0.274 e. The van der Waals surface area contributed by atoms with Gasteiger partial charge in [-0.3, -0.25) is 9.48 Å². The number of aryl methyl sites for hydroxylation is 2. The molecule has 1 aliphatic rings. The van der Waals surface area contributed by atoms with Gasteiger partial charge in [-0.25, -0.2) is 0 Å². The van der Waals surface area contributed by atoms with E-state index in [4.69, 9.17) is 11.6 Å². The molecule has 1 saturated heterocycles. The van der Waals surface area contributed by atoms with Gasteiger partial charge in [0.2, 0.25) is 0 Å². The lowest BCUT2D eigenvalue weighted by Gasteiger charge is -2.36. The highest BCUT2D eigenvalue weighted by Gasteiger charge is 2.30. The van der Waals surface area contributed by atoms with E-state index in [0.717, 1.165) is 24.3 Å². The van der Waals surface area contributed by atoms with Crippen LogP contribution in [-0.2, 0) is 7.05 Å². The SMILES string of the molecule is Cc1cc(C(=O)N2CCNCC2c2cccc(Cl)c2)nn1C.Cl. The maximum absolute atomic E-state index is 12.8. The Morgan fingerprint density at radius 3 is 2.83 bits per heavy atom. The second kappa shape index (κ2) is 7.34. The molecular formula is C16H20Cl2N4O. The van der Waals surface area contributed by atoms with E-state index in [0.29, 0.717) is 17.3 Å². The zero-order chi connectivity index (χ0) is 15.7. The van der Waals surface area contributed by atoms with Gasteiger partial charge >= 0.3 is 0 Å². The van der Waals surface area contributed by atoms with E-state index >= 15 is 0 Å². The highest BCUT2D eigenvalue weighted by atomic mass is 35.5. The third-order valence-electron chi connectivity index (χ3n) is 4.07. The Kier molecular flexibility index (Phi) is 5.68. The summed E-state index contributed by atoms with van der Waals surface area (Å²) in [5.74, 6) is -0.0322. The average Bonchev–Trinajstić information content (AvgIpc) is 2.86. The molecular weight excluding hydrogens is 335 g/mol. The van der Waals surface area contributed by atoms with Gasteiger partial charge in [0.05, 0.1) is 6.04 Å². The maximum atomic E-state index is 12.8. The molecule has 0 bridgehead atoms. The summed E-state index contributed by atoms with van der Waals surface area (Å²) in [6.45, 7) is 4.11. The fourth-order valence-electron chi connectivity index (χ4n) is 2.77. The Balaban J connectivity index is 0.00000192. The normalized spacial score (nSPS) is 17.7. The molecule has 2 aromatic rings. The number of halogens is 2. The predicted molar refractivity (Wildman–Crippen MR) is 93.3 cm³/mol. The highest BCUT2D eigenvalue weighted by molar-refractivity contribution is 6.30. The number of aromatic nitrogens is 2. The number of carbonyl (C=O) groups is 1. The van der Waals surface area contributed by atoms with Crippen LogP contribution < -0.4 is 5.32 Å². The van der Waals surface area contributed by atoms with E-state index in [1.165, 1.54) is 0 Å². The molecule has 1 fully saturated rings. The van der Waals surface area contributed by atoms with Gasteiger partial charge in [-0.05, 0) is 30.7 Å². The van der Waals surface area contributed by atoms with Crippen LogP contribution in [0, 0.1) is 6.92 Å². The van der Waals surface area contributed by atoms with Crippen LogP contribution in [0.15, 0.2) is 30.3 Å². The van der Waals surface area contributed by atoms with Crippen LogP contribution in [-0.4, -0.2) is 40.2 Å². The summed E-state index contributed by atoms with van der Waals surface area (Å²) in [4.78, 5) is 14.7. The second-order valence-corrected chi connectivity index (χ2v) is 6.00. The van der Waals surface area contributed by atoms with Crippen LogP contribution in [0.5, 0.6) is 0 Å². The molecule has 124 valence electrons. The number of amides is 1. The molecule has 5 nitrogen and oxygen atoms in total. The lowest BCUT2D eigenvalue weighted by atomic mass is 10.0. The topological polar surface area (TPSA) is 50.2 Å². The van der Waals surface area contributed by atoms with Gasteiger partial charge in [0, 0.05) is 37.4 Å². The van der Waals surface area contributed by atoms with Crippen molar-refractivity contribution in [3.63, 3.8) is 0 Å². The number of nitrogens with zero attached hydrogens (tertiary/aromatic N) is 3. The van der Waals surface area contributed by atoms with Crippen molar-refractivity contribution in [2.24, 2.45) is 7.05 Å². The number of benzene rings is 1. The van der Waals surface area contributed by atoms with Crippen LogP contribution in [0.2, 0.25) is 5.02 Å². The highest BCUT2D eigenvalue weighted by Crippen LogP contribution is 2.26. The van der Waals surface area contributed by atoms with E-state index in [-0.39, 0.29) is 24.4 Å². The Morgan fingerprint density at radius 1 is 1.39 bits per heavy atom. The van der Waals surface area contributed by atoms with Crippen LogP contribution in [0.25, 0.3) is 0 Å². The summed E-state index contributed by atoms with van der Waals surface area (Å²) in [5, 5.41) is 8.34. The largest absolute Gasteiger partial charge is 0.328 e. The first-order valence-electron chi connectivity index (χ1n) is 7.34. The number of rotatable bonds is 2. The molecule has 1 N–H and O–H groups in total. The minimum absolute atomic E-state index is 0. The molecule has 0 aliphatic carbocycles. The fourth-order valence-corrected chi connectivity index (χ4v) is 2.97. The van der Waals surface area contributed by atoms with E-state index in [9.17, 15) is 4.79 Å². The summed E-state index contributed by atoms with van der Waals surface area (Å²) >= 11 is 6.09. The monoisotopic (exact) mass is 354 g/mol. The van der Waals surface area contributed by atoms with Crippen LogP contribution in [0.3, 0.4) is 0 Å². The van der Waals surface area contributed by atoms with Gasteiger partial charge in [-0.15, -0.1) is 12.4 Å². The summed E-state index contributed by atoms with van der Waals surface area (Å²) in [7, 11) is 1.85. The summed E-state index contributed by atoms with van der Waals surface area (Å²) in [5.41, 5.74) is 2.51. The first kappa shape index (κ1) is 17.8. The molecule has 1 aliphatic heterocycles. The molecule has 3 rings (SSSR count). The third kappa shape index (κ3) is 3.68. The molecule has 2 heterocycles. The molecule has 0 spiro atoms. The molecule has 0 radical (unpaired) electrons. The van der Waals surface area contributed by atoms with Crippen molar-refractivity contribution in [3.05, 3.63) is 52.3 Å². The van der Waals surface area contributed by atoms with Crippen molar-refractivity contribution in [1.82, 2.24) is 20.0 Å². The van der Waals surface area contributed by atoms with Gasteiger partial charge in [-0.1, -0.05) is 23.7 Å². The lowest BCUT2D eigenvalue weighted by molar-refractivity contribution is 0.0627. The number of hydrogen-bond donors (Lipinski definition) is 1. The Bertz CT molecular complexity index is 682. The van der Waals surface area contributed by atoms with Crippen LogP contribution in [0.4, 0.5) is 0 Å². The van der Waals surface area contributed by atoms with Crippen LogP contribution in [0.1, 0.15) is 27.8 Å². The quantitative estimate of drug-likeness (QED) is 0.901. The van der Waals surface area contributed by atoms with E-state index in [1.807, 2.05) is 49.2 Å². The summed E-state index contributed by atoms with van der Waals surface area (Å²) in [6, 6.07) is 9.49. The average molecular weight is 355 g/mol. The minimum atomic E-state index is -0.0322. The molecule has 1 amide bonds. The van der Waals surface area contributed by atoms with Crippen molar-refractivity contribution in [2.45, 2.75) is 13.0 Å². The standard InChI is InChI=1S/C16H19ClN4O.ClH/c1-11-8-14(19-20(11)2)16(22)21-7-6-18-10-15(21)12-4-3-5-13(17)9-12;/h3-5,8-9,15,18H,6-7,10H2,1-2H3;1H. The number of hydrogen-bond acceptors (Lipinski definition) is 3. The Hall–Kier alpha value is -1.56. The Labute approximate surface area is 147 Å². The molecule has 23 heavy (non-hydrogen) atoms. The zero-order valence-corrected chi connectivity index (χ0v) is 14.7. The fraction of sp³-hybridized carbons (Fsp3) is 0.375. The number of nitrogens with one attached hydrogen (secondary N) is 1. The van der Waals surface area contributed by atoms with Crippen molar-refractivity contribution in [1.29, 1.82) is 0 Å². The Morgan fingerprint density at radius 2 is 2.17 bits per heavy atom. The molecule has 1 aromatic carbocycles. The van der Waals surface area contributed by atoms with Crippen molar-refractivity contribution >= 4 is 29.9 Å². The molecule has 1 atom stereocenters. The van der Waals surface area contributed by atoms with Gasteiger partial charge in [0.15, 0.2) is 5.69 Å². The third-order valence-corrected chi connectivity index (χ3v) is 4.31. The molecule has 1 aromatic heterocycles. The van der Waals surface area contributed by atoms with E-state index in [1.54, 1.807) is 4.68 Å². The maximum Gasteiger partial charge on any atom is 0.274 e. The van der Waals surface area contributed by atoms with Crippen molar-refractivity contribution in [2.75, 3.05) is 19.6 Å². The molecule has 1 unspecified atom stereocenters. The molecule has 0 saturated carbocycles. The van der Waals surface area contributed by atoms with Gasteiger partial charge < -0.3 is 10.2 Å². The van der Waals surface area contributed by atoms with Gasteiger partial charge in [0.25, 0.3) is 5.91 Å². The van der Waals surface area contributed by atoms with Crippen molar-refractivity contribution < 1.29 is 4.79 Å². The predicted octanol–water partition coefficient (Wildman–Crippen LogP) is 2.59. The van der Waals surface area contributed by atoms with Gasteiger partial charge in [0.1, 0.15) is 0 Å². The van der Waals surface area contributed by atoms with Crippen LogP contribution >= 0.6 is 24.0 Å². The number of piperazine rings is 1. The van der Waals surface area contributed by atoms with E-state index in [2.05, 4.69) is 10.4 Å². The minimum Gasteiger partial charge on any atom is -0.328 e. The van der Waals surface area contributed by atoms with E-state index < -0.39 is 0 Å². The lowest BCUT2D eigenvalue weighted by Crippen LogP contribution is -2.48. The summed E-state index contributed by atoms with van der Waals surface area (Å²) < 4.78 is 1.73. The van der Waals surface area contributed by atoms with Crippen molar-refractivity contribution in [3.8, 4) is 0 Å². The molecule has 7 heteroatoms.